The third kappa shape index (κ3) is 4.91. The molecule has 33 heavy (non-hydrogen) atoms. The average Bonchev–Trinajstić information content (AvgIpc) is 2.79. The number of hydroxylamine groups is 2. The van der Waals surface area contributed by atoms with Gasteiger partial charge in [-0.25, -0.2) is 8.42 Å². The molecule has 2 aromatic carbocycles. The van der Waals surface area contributed by atoms with Gasteiger partial charge in [0.05, 0.1) is 19.4 Å². The second kappa shape index (κ2) is 9.56. The fourth-order valence-electron chi connectivity index (χ4n) is 4.26. The maximum Gasteiger partial charge on any atom is 0.224 e. The highest BCUT2D eigenvalue weighted by Gasteiger charge is 2.37. The minimum Gasteiger partial charge on any atom is -0.628 e. The maximum absolute atomic E-state index is 14.1. The van der Waals surface area contributed by atoms with Gasteiger partial charge in [0.25, 0.3) is 0 Å². The van der Waals surface area contributed by atoms with Crippen molar-refractivity contribution in [1.29, 1.82) is 0 Å². The molecule has 0 radical (unpaired) electrons. The molecular formula is C24H29N3O5S. The summed E-state index contributed by atoms with van der Waals surface area (Å²) < 4.78 is 36.7. The van der Waals surface area contributed by atoms with Crippen molar-refractivity contribution in [2.24, 2.45) is 0 Å². The molecule has 4 rings (SSSR count). The van der Waals surface area contributed by atoms with E-state index in [4.69, 9.17) is 9.47 Å². The van der Waals surface area contributed by atoms with E-state index in [1.54, 1.807) is 7.11 Å². The fourth-order valence-corrected chi connectivity index (χ4v) is 4.92. The van der Waals surface area contributed by atoms with Crippen LogP contribution in [0.2, 0.25) is 0 Å². The van der Waals surface area contributed by atoms with Crippen LogP contribution in [-0.2, 0) is 21.0 Å². The van der Waals surface area contributed by atoms with E-state index in [1.165, 1.54) is 6.08 Å². The van der Waals surface area contributed by atoms with Crippen LogP contribution in [-0.4, -0.2) is 46.5 Å². The number of quaternary nitrogens is 1. The molecule has 2 aliphatic rings. The Hall–Kier alpha value is -2.85. The molecule has 0 saturated carbocycles. The molecule has 9 heteroatoms. The second-order valence-corrected chi connectivity index (χ2v) is 10.4. The summed E-state index contributed by atoms with van der Waals surface area (Å²) in [7, 11) is -2.04. The van der Waals surface area contributed by atoms with Crippen molar-refractivity contribution in [2.75, 3.05) is 26.6 Å². The minimum atomic E-state index is -3.65. The number of nitrogens with one attached hydrogen (secondary N) is 3. The first-order valence-electron chi connectivity index (χ1n) is 10.8. The molecule has 3 N–H and O–H groups in total. The molecule has 0 aromatic heterocycles. The largest absolute Gasteiger partial charge is 0.628 e. The van der Waals surface area contributed by atoms with Gasteiger partial charge < -0.3 is 25.1 Å². The number of ether oxygens (including phenoxy) is 2. The van der Waals surface area contributed by atoms with Crippen molar-refractivity contribution in [3.05, 3.63) is 88.0 Å². The number of benzene rings is 2. The molecule has 2 aromatic rings. The standard InChI is InChI=1S/C24H29N3O5S/c1-16-8-4-6-10-18(16)21-13-23(33(3,29)30)32-24-19(14-25-15-26-24)20(27(21)28)12-17-9-5-7-11-22(17)31-2/h4-11,13,20,23,25-27H,12,14-15H2,1-3H3/b21-13-. The lowest BCUT2D eigenvalue weighted by Gasteiger charge is -2.39. The Bertz CT molecular complexity index is 1190. The van der Waals surface area contributed by atoms with Gasteiger partial charge in [-0.15, -0.1) is 0 Å². The van der Waals surface area contributed by atoms with Crippen LogP contribution in [0.3, 0.4) is 0 Å². The fraction of sp³-hybridized carbons (Fsp3) is 0.333. The molecule has 0 fully saturated rings. The zero-order valence-corrected chi connectivity index (χ0v) is 19.7. The quantitative estimate of drug-likeness (QED) is 0.561. The van der Waals surface area contributed by atoms with Gasteiger partial charge in [-0.3, -0.25) is 5.32 Å². The molecule has 0 aliphatic carbocycles. The Morgan fingerprint density at radius 2 is 1.91 bits per heavy atom. The summed E-state index contributed by atoms with van der Waals surface area (Å²) >= 11 is 0. The van der Waals surface area contributed by atoms with Gasteiger partial charge in [-0.1, -0.05) is 36.4 Å². The topological polar surface area (TPSA) is 104 Å². The Balaban J connectivity index is 1.88. The van der Waals surface area contributed by atoms with Gasteiger partial charge in [-0.05, 0) is 24.6 Å². The molecule has 2 heterocycles. The van der Waals surface area contributed by atoms with E-state index in [0.717, 1.165) is 17.4 Å². The Labute approximate surface area is 194 Å². The maximum atomic E-state index is 14.1. The van der Waals surface area contributed by atoms with Crippen molar-refractivity contribution >= 4 is 15.5 Å². The first kappa shape index (κ1) is 23.3. The molecule has 0 saturated heterocycles. The Kier molecular flexibility index (Phi) is 6.76. The number of rotatable bonds is 5. The average molecular weight is 472 g/mol. The van der Waals surface area contributed by atoms with E-state index in [9.17, 15) is 13.6 Å². The molecule has 0 bridgehead atoms. The van der Waals surface area contributed by atoms with E-state index in [0.29, 0.717) is 48.1 Å². The number of hydrogen-bond acceptors (Lipinski definition) is 7. The lowest BCUT2D eigenvalue weighted by atomic mass is 9.95. The van der Waals surface area contributed by atoms with Crippen LogP contribution >= 0.6 is 0 Å². The Morgan fingerprint density at radius 3 is 2.64 bits per heavy atom. The summed E-state index contributed by atoms with van der Waals surface area (Å²) in [4.78, 5) is 0. The summed E-state index contributed by atoms with van der Waals surface area (Å²) in [6, 6.07) is 14.5. The van der Waals surface area contributed by atoms with Crippen LogP contribution in [0, 0.1) is 12.1 Å². The Morgan fingerprint density at radius 1 is 1.18 bits per heavy atom. The zero-order chi connectivity index (χ0) is 23.6. The monoisotopic (exact) mass is 471 g/mol. The zero-order valence-electron chi connectivity index (χ0n) is 18.9. The van der Waals surface area contributed by atoms with Crippen LogP contribution in [0.5, 0.6) is 5.75 Å². The second-order valence-electron chi connectivity index (χ2n) is 8.28. The van der Waals surface area contributed by atoms with Crippen molar-refractivity contribution < 1.29 is 23.0 Å². The van der Waals surface area contributed by atoms with Crippen molar-refractivity contribution in [2.45, 2.75) is 24.8 Å². The summed E-state index contributed by atoms with van der Waals surface area (Å²) in [6.07, 6.45) is 2.95. The number of sulfone groups is 1. The highest BCUT2D eigenvalue weighted by molar-refractivity contribution is 7.91. The summed E-state index contributed by atoms with van der Waals surface area (Å²) in [6.45, 7) is 2.73. The minimum absolute atomic E-state index is 0.148. The summed E-state index contributed by atoms with van der Waals surface area (Å²) in [5.74, 6) is 1.04. The third-order valence-corrected chi connectivity index (χ3v) is 7.07. The molecule has 176 valence electrons. The van der Waals surface area contributed by atoms with E-state index in [-0.39, 0.29) is 5.06 Å². The predicted octanol–water partition coefficient (Wildman–Crippen LogP) is 1.10. The molecule has 8 nitrogen and oxygen atoms in total. The molecule has 2 aliphatic heterocycles. The van der Waals surface area contributed by atoms with Crippen LogP contribution in [0.1, 0.15) is 16.7 Å². The number of aryl methyl sites for hydroxylation is 1. The molecular weight excluding hydrogens is 442 g/mol. The van der Waals surface area contributed by atoms with Crippen LogP contribution < -0.4 is 20.4 Å². The molecule has 0 amide bonds. The highest BCUT2D eigenvalue weighted by atomic mass is 32.2. The van der Waals surface area contributed by atoms with E-state index < -0.39 is 21.3 Å². The highest BCUT2D eigenvalue weighted by Crippen LogP contribution is 2.26. The van der Waals surface area contributed by atoms with Gasteiger partial charge in [0.15, 0.2) is 15.7 Å². The van der Waals surface area contributed by atoms with E-state index in [2.05, 4.69) is 10.6 Å². The van der Waals surface area contributed by atoms with Crippen LogP contribution in [0.4, 0.5) is 0 Å². The molecule has 0 spiro atoms. The van der Waals surface area contributed by atoms with Crippen molar-refractivity contribution in [3.63, 3.8) is 0 Å². The predicted molar refractivity (Wildman–Crippen MR) is 127 cm³/mol. The lowest BCUT2D eigenvalue weighted by molar-refractivity contribution is -0.793. The van der Waals surface area contributed by atoms with Gasteiger partial charge in [-0.2, -0.15) is 0 Å². The van der Waals surface area contributed by atoms with Gasteiger partial charge in [0, 0.05) is 36.4 Å². The van der Waals surface area contributed by atoms with Gasteiger partial charge >= 0.3 is 0 Å². The third-order valence-electron chi connectivity index (χ3n) is 5.99. The number of para-hydroxylation sites is 1. The lowest BCUT2D eigenvalue weighted by Crippen LogP contribution is -3.09. The van der Waals surface area contributed by atoms with Crippen LogP contribution in [0.15, 0.2) is 66.1 Å². The van der Waals surface area contributed by atoms with Gasteiger partial charge in [0.1, 0.15) is 17.5 Å². The number of methoxy groups -OCH3 is 1. The van der Waals surface area contributed by atoms with Crippen LogP contribution in [0.25, 0.3) is 5.70 Å². The first-order chi connectivity index (χ1) is 15.8. The smallest absolute Gasteiger partial charge is 0.224 e. The summed E-state index contributed by atoms with van der Waals surface area (Å²) in [5.41, 5.74) is 2.24. The summed E-state index contributed by atoms with van der Waals surface area (Å²) in [5, 5.41) is 20.3. The normalized spacial score (nSPS) is 25.0. The van der Waals surface area contributed by atoms with E-state index in [1.807, 2.05) is 55.5 Å². The number of hydrogen-bond donors (Lipinski definition) is 3. The van der Waals surface area contributed by atoms with E-state index >= 15 is 0 Å². The SMILES string of the molecule is COc1ccccc1CC1C2=C(NCNC2)OC(S(C)(=O)=O)/C=C(/c2ccccc2C)[NH+]1[O-]. The van der Waals surface area contributed by atoms with Crippen molar-refractivity contribution in [1.82, 2.24) is 10.6 Å². The van der Waals surface area contributed by atoms with Gasteiger partial charge in [0.2, 0.25) is 5.44 Å². The van der Waals surface area contributed by atoms with Crippen molar-refractivity contribution in [3.8, 4) is 5.75 Å². The first-order valence-corrected chi connectivity index (χ1v) is 12.7. The molecule has 3 atom stereocenters. The molecule has 3 unspecified atom stereocenters.